The van der Waals surface area contributed by atoms with E-state index in [1.54, 1.807) is 11.3 Å². The first-order chi connectivity index (χ1) is 11.6. The molecule has 1 amide bonds. The summed E-state index contributed by atoms with van der Waals surface area (Å²) < 4.78 is 0. The molecule has 0 atom stereocenters. The highest BCUT2D eigenvalue weighted by Gasteiger charge is 2.16. The molecule has 6 nitrogen and oxygen atoms in total. The number of aryl methyl sites for hydroxylation is 1. The Morgan fingerprint density at radius 2 is 2.29 bits per heavy atom. The maximum absolute atomic E-state index is 12.2. The van der Waals surface area contributed by atoms with Gasteiger partial charge in [-0.15, -0.1) is 11.3 Å². The van der Waals surface area contributed by atoms with Crippen molar-refractivity contribution in [2.75, 3.05) is 26.2 Å². The van der Waals surface area contributed by atoms with E-state index >= 15 is 0 Å². The van der Waals surface area contributed by atoms with Crippen LogP contribution in [0.3, 0.4) is 0 Å². The second kappa shape index (κ2) is 7.92. The van der Waals surface area contributed by atoms with Gasteiger partial charge in [-0.25, -0.2) is 4.98 Å². The normalized spacial score (nSPS) is 16.4. The Morgan fingerprint density at radius 3 is 3.00 bits per heavy atom. The zero-order chi connectivity index (χ0) is 16.9. The molecular formula is C17H24N4O2S. The molecule has 1 aliphatic rings. The quantitative estimate of drug-likeness (QED) is 0.698. The van der Waals surface area contributed by atoms with Gasteiger partial charge in [-0.1, -0.05) is 0 Å². The molecule has 2 aromatic heterocycles. The Balaban J connectivity index is 1.41. The highest BCUT2D eigenvalue weighted by atomic mass is 32.1. The number of H-pyrrole nitrogens is 1. The monoisotopic (exact) mass is 348 g/mol. The van der Waals surface area contributed by atoms with E-state index in [9.17, 15) is 9.90 Å². The molecule has 7 heteroatoms. The van der Waals surface area contributed by atoms with E-state index in [0.717, 1.165) is 55.2 Å². The van der Waals surface area contributed by atoms with Crippen LogP contribution in [0.1, 0.15) is 34.8 Å². The summed E-state index contributed by atoms with van der Waals surface area (Å²) in [4.78, 5) is 22.0. The minimum Gasteiger partial charge on any atom is -0.393 e. The van der Waals surface area contributed by atoms with Crippen LogP contribution in [0.5, 0.6) is 0 Å². The molecule has 0 bridgehead atoms. The van der Waals surface area contributed by atoms with Crippen molar-refractivity contribution in [2.24, 2.45) is 0 Å². The lowest BCUT2D eigenvalue weighted by Crippen LogP contribution is -2.37. The van der Waals surface area contributed by atoms with Gasteiger partial charge in [0.1, 0.15) is 5.69 Å². The summed E-state index contributed by atoms with van der Waals surface area (Å²) in [7, 11) is 0. The summed E-state index contributed by atoms with van der Waals surface area (Å²) in [6, 6.07) is 1.84. The van der Waals surface area contributed by atoms with Crippen LogP contribution in [0, 0.1) is 6.92 Å². The van der Waals surface area contributed by atoms with Crippen LogP contribution in [-0.4, -0.2) is 58.2 Å². The molecule has 1 fully saturated rings. The van der Waals surface area contributed by atoms with E-state index in [4.69, 9.17) is 0 Å². The number of thiazole rings is 1. The smallest absolute Gasteiger partial charge is 0.267 e. The highest BCUT2D eigenvalue weighted by molar-refractivity contribution is 7.09. The van der Waals surface area contributed by atoms with Crippen molar-refractivity contribution >= 4 is 17.2 Å². The van der Waals surface area contributed by atoms with Gasteiger partial charge in [0.05, 0.1) is 16.8 Å². The Labute approximate surface area is 145 Å². The third kappa shape index (κ3) is 4.43. The Kier molecular flexibility index (Phi) is 5.65. The zero-order valence-corrected chi connectivity index (χ0v) is 14.7. The molecule has 3 N–H and O–H groups in total. The molecule has 0 spiro atoms. The Hall–Kier alpha value is -1.70. The van der Waals surface area contributed by atoms with Crippen molar-refractivity contribution in [1.82, 2.24) is 20.2 Å². The molecule has 130 valence electrons. The standard InChI is InChI=1S/C17H24N4O2S/c1-12-20-16(11-24-12)13-9-15(19-10-13)17(23)18-5-2-6-21-7-3-14(22)4-8-21/h9-11,14,19,22H,2-8H2,1H3,(H,18,23). The number of carbonyl (C=O) groups excluding carboxylic acids is 1. The largest absolute Gasteiger partial charge is 0.393 e. The molecular weight excluding hydrogens is 324 g/mol. The average molecular weight is 348 g/mol. The molecule has 1 aliphatic heterocycles. The van der Waals surface area contributed by atoms with E-state index in [1.165, 1.54) is 0 Å². The molecule has 3 heterocycles. The summed E-state index contributed by atoms with van der Waals surface area (Å²) >= 11 is 1.60. The maximum Gasteiger partial charge on any atom is 0.267 e. The summed E-state index contributed by atoms with van der Waals surface area (Å²) in [6.45, 7) is 5.48. The lowest BCUT2D eigenvalue weighted by molar-refractivity contribution is 0.0816. The van der Waals surface area contributed by atoms with Crippen molar-refractivity contribution in [1.29, 1.82) is 0 Å². The number of aliphatic hydroxyl groups excluding tert-OH is 1. The van der Waals surface area contributed by atoms with Gasteiger partial charge in [0, 0.05) is 36.8 Å². The number of likely N-dealkylation sites (tertiary alicyclic amines) is 1. The molecule has 0 aromatic carbocycles. The minimum atomic E-state index is -0.135. The fourth-order valence-electron chi connectivity index (χ4n) is 2.91. The Bertz CT molecular complexity index is 674. The van der Waals surface area contributed by atoms with Gasteiger partial charge in [-0.05, 0) is 38.8 Å². The van der Waals surface area contributed by atoms with Gasteiger partial charge >= 0.3 is 0 Å². The van der Waals surface area contributed by atoms with Crippen LogP contribution in [0.25, 0.3) is 11.3 Å². The SMILES string of the molecule is Cc1nc(-c2c[nH]c(C(=O)NCCCN3CCC(O)CC3)c2)cs1. The molecule has 1 saturated heterocycles. The third-order valence-corrected chi connectivity index (χ3v) is 5.11. The predicted octanol–water partition coefficient (Wildman–Crippen LogP) is 2.02. The van der Waals surface area contributed by atoms with E-state index in [0.29, 0.717) is 12.2 Å². The molecule has 24 heavy (non-hydrogen) atoms. The molecule has 0 unspecified atom stereocenters. The van der Waals surface area contributed by atoms with E-state index < -0.39 is 0 Å². The van der Waals surface area contributed by atoms with Crippen LogP contribution in [-0.2, 0) is 0 Å². The number of rotatable bonds is 6. The molecule has 2 aromatic rings. The molecule has 0 aliphatic carbocycles. The number of nitrogens with zero attached hydrogens (tertiary/aromatic N) is 2. The van der Waals surface area contributed by atoms with Crippen LogP contribution < -0.4 is 5.32 Å². The number of carbonyl (C=O) groups is 1. The molecule has 3 rings (SSSR count). The first-order valence-electron chi connectivity index (χ1n) is 8.41. The summed E-state index contributed by atoms with van der Waals surface area (Å²) in [5.41, 5.74) is 2.41. The van der Waals surface area contributed by atoms with Gasteiger partial charge in [0.2, 0.25) is 0 Å². The minimum absolute atomic E-state index is 0.0812. The molecule has 0 radical (unpaired) electrons. The van der Waals surface area contributed by atoms with Crippen LogP contribution >= 0.6 is 11.3 Å². The van der Waals surface area contributed by atoms with Crippen molar-refractivity contribution in [3.8, 4) is 11.3 Å². The van der Waals surface area contributed by atoms with E-state index in [1.807, 2.05) is 24.6 Å². The number of amides is 1. The fraction of sp³-hybridized carbons (Fsp3) is 0.529. The van der Waals surface area contributed by atoms with Crippen molar-refractivity contribution in [3.05, 3.63) is 28.3 Å². The number of hydrogen-bond acceptors (Lipinski definition) is 5. The summed E-state index contributed by atoms with van der Waals surface area (Å²) in [6.07, 6.45) is 4.31. The summed E-state index contributed by atoms with van der Waals surface area (Å²) in [5.74, 6) is -0.0812. The number of nitrogens with one attached hydrogen (secondary N) is 2. The topological polar surface area (TPSA) is 81.2 Å². The van der Waals surface area contributed by atoms with Crippen LogP contribution in [0.15, 0.2) is 17.6 Å². The second-order valence-corrected chi connectivity index (χ2v) is 7.30. The van der Waals surface area contributed by atoms with Crippen molar-refractivity contribution in [2.45, 2.75) is 32.3 Å². The van der Waals surface area contributed by atoms with Gasteiger partial charge in [0.15, 0.2) is 0 Å². The van der Waals surface area contributed by atoms with E-state index in [2.05, 4.69) is 20.2 Å². The first kappa shape index (κ1) is 17.1. The lowest BCUT2D eigenvalue weighted by Gasteiger charge is -2.29. The fourth-order valence-corrected chi connectivity index (χ4v) is 3.53. The van der Waals surface area contributed by atoms with Crippen molar-refractivity contribution in [3.63, 3.8) is 0 Å². The van der Waals surface area contributed by atoms with Gasteiger partial charge in [-0.3, -0.25) is 4.79 Å². The Morgan fingerprint density at radius 1 is 1.50 bits per heavy atom. The number of piperidine rings is 1. The van der Waals surface area contributed by atoms with Crippen molar-refractivity contribution < 1.29 is 9.90 Å². The van der Waals surface area contributed by atoms with Gasteiger partial charge in [0.25, 0.3) is 5.91 Å². The lowest BCUT2D eigenvalue weighted by atomic mass is 10.1. The van der Waals surface area contributed by atoms with E-state index in [-0.39, 0.29) is 12.0 Å². The number of aliphatic hydroxyl groups is 1. The average Bonchev–Trinajstić information content (AvgIpc) is 3.22. The first-order valence-corrected chi connectivity index (χ1v) is 9.29. The number of aromatic nitrogens is 2. The van der Waals surface area contributed by atoms with Crippen LogP contribution in [0.4, 0.5) is 0 Å². The van der Waals surface area contributed by atoms with Crippen LogP contribution in [0.2, 0.25) is 0 Å². The predicted molar refractivity (Wildman–Crippen MR) is 95.3 cm³/mol. The highest BCUT2D eigenvalue weighted by Crippen LogP contribution is 2.22. The summed E-state index contributed by atoms with van der Waals surface area (Å²) in [5, 5.41) is 15.5. The number of aromatic amines is 1. The zero-order valence-electron chi connectivity index (χ0n) is 13.9. The third-order valence-electron chi connectivity index (χ3n) is 4.34. The maximum atomic E-state index is 12.2. The van der Waals surface area contributed by atoms with Gasteiger partial charge in [-0.2, -0.15) is 0 Å². The van der Waals surface area contributed by atoms with Gasteiger partial charge < -0.3 is 20.3 Å². The molecule has 0 saturated carbocycles. The number of hydrogen-bond donors (Lipinski definition) is 3. The second-order valence-electron chi connectivity index (χ2n) is 6.24.